The number of hydrogen-bond donors (Lipinski definition) is 0. The zero-order chi connectivity index (χ0) is 9.97. The van der Waals surface area contributed by atoms with Gasteiger partial charge in [0, 0.05) is 5.02 Å². The van der Waals surface area contributed by atoms with Crippen LogP contribution in [0.25, 0.3) is 4.85 Å². The lowest BCUT2D eigenvalue weighted by molar-refractivity contribution is 0.111. The lowest BCUT2D eigenvalue weighted by Gasteiger charge is -2.07. The Labute approximate surface area is 88.3 Å². The van der Waals surface area contributed by atoms with Crippen LogP contribution in [0.1, 0.15) is 18.1 Å². The summed E-state index contributed by atoms with van der Waals surface area (Å²) in [4.78, 5) is 3.48. The quantitative estimate of drug-likeness (QED) is 0.646. The number of nitrogens with zero attached hydrogens (tertiary/aromatic N) is 1. The summed E-state index contributed by atoms with van der Waals surface area (Å²) in [6.07, 6.45) is 0.872. The summed E-state index contributed by atoms with van der Waals surface area (Å²) >= 11 is 5.78. The van der Waals surface area contributed by atoms with Crippen molar-refractivity contribution in [3.63, 3.8) is 0 Å². The highest BCUT2D eigenvalue weighted by molar-refractivity contribution is 6.30. The topological polar surface area (TPSA) is 13.6 Å². The van der Waals surface area contributed by atoms with Gasteiger partial charge in [0.15, 0.2) is 0 Å². The molecule has 0 aromatic heterocycles. The van der Waals surface area contributed by atoms with Crippen molar-refractivity contribution >= 4 is 11.6 Å². The van der Waals surface area contributed by atoms with Crippen molar-refractivity contribution in [1.82, 2.24) is 0 Å². The van der Waals surface area contributed by atoms with E-state index in [2.05, 4.69) is 4.85 Å². The van der Waals surface area contributed by atoms with E-state index in [1.807, 2.05) is 24.3 Å². The second-order valence-corrected chi connectivity index (χ2v) is 3.83. The third-order valence-corrected chi connectivity index (χ3v) is 2.65. The predicted molar refractivity (Wildman–Crippen MR) is 55.2 cm³/mol. The molecule has 0 spiro atoms. The molecule has 1 aliphatic heterocycles. The monoisotopic (exact) mass is 207 g/mol. The van der Waals surface area contributed by atoms with Gasteiger partial charge >= 0.3 is 0 Å². The van der Waals surface area contributed by atoms with Gasteiger partial charge in [-0.3, -0.25) is 0 Å². The molecule has 0 radical (unpaired) electrons. The van der Waals surface area contributed by atoms with Gasteiger partial charge in [0.2, 0.25) is 6.04 Å². The van der Waals surface area contributed by atoms with E-state index in [4.69, 9.17) is 22.9 Å². The van der Waals surface area contributed by atoms with Crippen molar-refractivity contribution in [2.24, 2.45) is 0 Å². The van der Waals surface area contributed by atoms with Gasteiger partial charge in [-0.1, -0.05) is 23.7 Å². The van der Waals surface area contributed by atoms with Crippen LogP contribution in [0.2, 0.25) is 5.02 Å². The maximum atomic E-state index is 6.91. The first-order valence-corrected chi connectivity index (χ1v) is 4.91. The Morgan fingerprint density at radius 3 is 2.64 bits per heavy atom. The minimum atomic E-state index is 0.0238. The highest BCUT2D eigenvalue weighted by Crippen LogP contribution is 2.30. The number of benzene rings is 1. The van der Waals surface area contributed by atoms with Crippen LogP contribution in [0.5, 0.6) is 0 Å². The van der Waals surface area contributed by atoms with E-state index in [0.29, 0.717) is 6.61 Å². The summed E-state index contributed by atoms with van der Waals surface area (Å²) in [6, 6.07) is 7.64. The highest BCUT2D eigenvalue weighted by Gasteiger charge is 2.30. The average molecular weight is 208 g/mol. The van der Waals surface area contributed by atoms with E-state index in [0.717, 1.165) is 17.0 Å². The Morgan fingerprint density at radius 1 is 1.36 bits per heavy atom. The lowest BCUT2D eigenvalue weighted by atomic mass is 10.1. The van der Waals surface area contributed by atoms with Crippen LogP contribution in [0, 0.1) is 6.57 Å². The van der Waals surface area contributed by atoms with Crippen molar-refractivity contribution in [2.45, 2.75) is 18.6 Å². The molecule has 1 fully saturated rings. The Kier molecular flexibility index (Phi) is 2.72. The molecule has 2 rings (SSSR count). The van der Waals surface area contributed by atoms with E-state index in [1.54, 1.807) is 0 Å². The molecule has 0 bridgehead atoms. The largest absolute Gasteiger partial charge is 0.365 e. The summed E-state index contributed by atoms with van der Waals surface area (Å²) in [5.74, 6) is 0. The third kappa shape index (κ3) is 1.89. The Morgan fingerprint density at radius 2 is 2.07 bits per heavy atom. The van der Waals surface area contributed by atoms with E-state index in [1.165, 1.54) is 0 Å². The van der Waals surface area contributed by atoms with Crippen LogP contribution in [-0.2, 0) is 4.74 Å². The second kappa shape index (κ2) is 4.00. The SMILES string of the molecule is [C-]#[N+][C@H]1CO[C@@H](c2ccc(Cl)cc2)C1. The molecular weight excluding hydrogens is 198 g/mol. The van der Waals surface area contributed by atoms with Gasteiger partial charge in [-0.15, -0.1) is 0 Å². The standard InChI is InChI=1S/C11H10ClNO/c1-13-10-6-11(14-7-10)8-2-4-9(12)5-3-8/h2-5,10-11H,6-7H2/t10-,11-/m1/s1. The fourth-order valence-corrected chi connectivity index (χ4v) is 1.74. The molecule has 1 saturated heterocycles. The van der Waals surface area contributed by atoms with Crippen LogP contribution in [0.4, 0.5) is 0 Å². The van der Waals surface area contributed by atoms with Crippen molar-refractivity contribution in [2.75, 3.05) is 6.61 Å². The molecule has 1 heterocycles. The van der Waals surface area contributed by atoms with Crippen molar-refractivity contribution in [3.8, 4) is 0 Å². The summed E-state index contributed by atoms with van der Waals surface area (Å²) in [5, 5.41) is 0.730. The van der Waals surface area contributed by atoms with Crippen molar-refractivity contribution < 1.29 is 4.74 Å². The smallest absolute Gasteiger partial charge is 0.249 e. The molecular formula is C11H10ClNO. The Bertz CT molecular complexity index is 355. The van der Waals surface area contributed by atoms with Crippen LogP contribution >= 0.6 is 11.6 Å². The molecule has 3 heteroatoms. The van der Waals surface area contributed by atoms with E-state index < -0.39 is 0 Å². The van der Waals surface area contributed by atoms with E-state index in [-0.39, 0.29) is 12.1 Å². The first kappa shape index (κ1) is 9.51. The zero-order valence-electron chi connectivity index (χ0n) is 7.61. The fraction of sp³-hybridized carbons (Fsp3) is 0.364. The van der Waals surface area contributed by atoms with Gasteiger partial charge in [0.05, 0.1) is 12.5 Å². The maximum Gasteiger partial charge on any atom is 0.249 e. The molecule has 2 nitrogen and oxygen atoms in total. The molecule has 0 saturated carbocycles. The normalized spacial score (nSPS) is 26.0. The zero-order valence-corrected chi connectivity index (χ0v) is 8.37. The van der Waals surface area contributed by atoms with Crippen molar-refractivity contribution in [3.05, 3.63) is 46.3 Å². The van der Waals surface area contributed by atoms with Crippen LogP contribution < -0.4 is 0 Å². The van der Waals surface area contributed by atoms with Crippen LogP contribution in [-0.4, -0.2) is 12.6 Å². The minimum absolute atomic E-state index is 0.0238. The number of hydrogen-bond acceptors (Lipinski definition) is 1. The molecule has 0 unspecified atom stereocenters. The average Bonchev–Trinajstić information content (AvgIpc) is 2.67. The molecule has 0 amide bonds. The number of halogens is 1. The maximum absolute atomic E-state index is 6.91. The van der Waals surface area contributed by atoms with Crippen molar-refractivity contribution in [1.29, 1.82) is 0 Å². The molecule has 2 atom stereocenters. The van der Waals surface area contributed by atoms with Crippen LogP contribution in [0.15, 0.2) is 24.3 Å². The second-order valence-electron chi connectivity index (χ2n) is 3.39. The highest BCUT2D eigenvalue weighted by atomic mass is 35.5. The van der Waals surface area contributed by atoms with E-state index >= 15 is 0 Å². The van der Waals surface area contributed by atoms with Gasteiger partial charge in [0.1, 0.15) is 6.61 Å². The number of ether oxygens (including phenoxy) is 1. The molecule has 14 heavy (non-hydrogen) atoms. The summed E-state index contributed by atoms with van der Waals surface area (Å²) < 4.78 is 5.53. The molecule has 1 aromatic carbocycles. The summed E-state index contributed by atoms with van der Waals surface area (Å²) in [5.41, 5.74) is 1.11. The third-order valence-electron chi connectivity index (χ3n) is 2.40. The first-order chi connectivity index (χ1) is 6.79. The van der Waals surface area contributed by atoms with Crippen LogP contribution in [0.3, 0.4) is 0 Å². The minimum Gasteiger partial charge on any atom is -0.365 e. The first-order valence-electron chi connectivity index (χ1n) is 4.53. The van der Waals surface area contributed by atoms with E-state index in [9.17, 15) is 0 Å². The van der Waals surface area contributed by atoms with Gasteiger partial charge < -0.3 is 9.58 Å². The summed E-state index contributed by atoms with van der Waals surface area (Å²) in [7, 11) is 0. The molecule has 1 aromatic rings. The predicted octanol–water partition coefficient (Wildman–Crippen LogP) is 3.09. The molecule has 72 valence electrons. The van der Waals surface area contributed by atoms with Gasteiger partial charge in [-0.25, -0.2) is 6.57 Å². The molecule has 0 N–H and O–H groups in total. The Hall–Kier alpha value is -1.04. The number of rotatable bonds is 1. The van der Waals surface area contributed by atoms with Gasteiger partial charge in [0.25, 0.3) is 0 Å². The summed E-state index contributed by atoms with van der Waals surface area (Å²) in [6.45, 7) is 7.46. The molecule has 0 aliphatic carbocycles. The van der Waals surface area contributed by atoms with Gasteiger partial charge in [-0.2, -0.15) is 0 Å². The van der Waals surface area contributed by atoms with Gasteiger partial charge in [-0.05, 0) is 17.7 Å². The lowest BCUT2D eigenvalue weighted by Crippen LogP contribution is -1.98. The fourth-order valence-electron chi connectivity index (χ4n) is 1.61. The molecule has 1 aliphatic rings. The Balaban J connectivity index is 2.10.